The normalized spacial score (nSPS) is 13.2. The Kier molecular flexibility index (Phi) is 70.9. The molecule has 0 amide bonds. The van der Waals surface area contributed by atoms with Crippen molar-refractivity contribution in [1.82, 2.24) is 0 Å². The van der Waals surface area contributed by atoms with Gasteiger partial charge in [0, 0.05) is 19.4 Å². The van der Waals surface area contributed by atoms with E-state index in [1.54, 1.807) is 0 Å². The lowest BCUT2D eigenvalue weighted by Gasteiger charge is -2.19. The Morgan fingerprint density at radius 1 is 0.356 bits per heavy atom. The number of esters is 2. The summed E-state index contributed by atoms with van der Waals surface area (Å²) < 4.78 is 33.2. The number of carbonyl (C=O) groups is 2. The third kappa shape index (κ3) is 72.6. The van der Waals surface area contributed by atoms with E-state index < -0.39 is 26.5 Å². The van der Waals surface area contributed by atoms with Crippen LogP contribution in [0.1, 0.15) is 386 Å². The molecule has 0 heterocycles. The van der Waals surface area contributed by atoms with Gasteiger partial charge in [0.2, 0.25) is 0 Å². The number of phosphoric ester groups is 1. The summed E-state index contributed by atoms with van der Waals surface area (Å²) in [7, 11) is -4.39. The summed E-state index contributed by atoms with van der Waals surface area (Å²) in [5, 5.41) is 0. The zero-order valence-corrected chi connectivity index (χ0v) is 58.4. The van der Waals surface area contributed by atoms with Gasteiger partial charge in [0.25, 0.3) is 0 Å². The largest absolute Gasteiger partial charge is 0.472 e. The summed E-state index contributed by atoms with van der Waals surface area (Å²) in [4.78, 5) is 35.4. The molecule has 2 atom stereocenters. The third-order valence-electron chi connectivity index (χ3n) is 16.9. The van der Waals surface area contributed by atoms with E-state index in [1.165, 1.54) is 295 Å². The molecule has 0 fully saturated rings. The van der Waals surface area contributed by atoms with Gasteiger partial charge in [0.05, 0.1) is 13.2 Å². The van der Waals surface area contributed by atoms with Gasteiger partial charge in [-0.3, -0.25) is 18.6 Å². The number of rotatable bonds is 72. The standard InChI is InChI=1S/C77H144NO8P/c1-3-5-7-9-11-13-15-17-19-21-23-25-27-29-31-33-35-37-39-41-43-45-47-49-51-53-55-57-59-61-63-65-67-69-76(79)83-73-75(74-85-87(81,82)84-72-71-78)86-77(80)70-68-66-64-62-60-58-56-54-52-50-48-46-44-42-40-38-36-34-32-30-28-26-24-22-20-18-16-14-12-10-8-6-4-2/h6,8,12,14,18,20-21,23-24,26,75H,3-5,7,9-11,13,15-17,19,22,25,27-74,78H2,1-2H3,(H,81,82)/b8-6-,14-12-,20-18-,23-21-,26-24-. The van der Waals surface area contributed by atoms with Crippen LogP contribution in [0.15, 0.2) is 60.8 Å². The van der Waals surface area contributed by atoms with Gasteiger partial charge in [0.15, 0.2) is 6.10 Å². The van der Waals surface area contributed by atoms with E-state index in [1.807, 2.05) is 0 Å². The first-order valence-corrected chi connectivity index (χ1v) is 39.3. The molecule has 2 unspecified atom stereocenters. The Morgan fingerprint density at radius 2 is 0.632 bits per heavy atom. The molecule has 0 aliphatic carbocycles. The number of hydrogen-bond acceptors (Lipinski definition) is 8. The molecule has 87 heavy (non-hydrogen) atoms. The number of ether oxygens (including phenoxy) is 2. The summed E-state index contributed by atoms with van der Waals surface area (Å²) >= 11 is 0. The van der Waals surface area contributed by atoms with E-state index in [2.05, 4.69) is 74.6 Å². The van der Waals surface area contributed by atoms with Gasteiger partial charge in [-0.1, -0.05) is 357 Å². The average molecular weight is 1240 g/mol. The lowest BCUT2D eigenvalue weighted by atomic mass is 10.0. The minimum Gasteiger partial charge on any atom is -0.462 e. The Bertz CT molecular complexity index is 1610. The highest BCUT2D eigenvalue weighted by Gasteiger charge is 2.26. The Balaban J connectivity index is 3.79. The van der Waals surface area contributed by atoms with Crippen molar-refractivity contribution in [3.05, 3.63) is 60.8 Å². The van der Waals surface area contributed by atoms with E-state index in [-0.39, 0.29) is 38.6 Å². The summed E-state index contributed by atoms with van der Waals surface area (Å²) in [5.74, 6) is -0.805. The molecule has 10 heteroatoms. The Labute approximate surface area is 539 Å². The first-order chi connectivity index (χ1) is 42.8. The van der Waals surface area contributed by atoms with Crippen molar-refractivity contribution in [1.29, 1.82) is 0 Å². The first-order valence-electron chi connectivity index (χ1n) is 37.8. The fraction of sp³-hybridized carbons (Fsp3) is 0.844. The SMILES string of the molecule is CC/C=C\C/C=C\C/C=C\C/C=C\CCCCCCCCCCCCCCCCCCCCCCC(=O)OC(COC(=O)CCCCCCCCCCCCCCCCCCCCCCC/C=C\CCCCCCCCCC)COP(=O)(O)OCCN. The summed E-state index contributed by atoms with van der Waals surface area (Å²) in [6.45, 7) is 3.70. The lowest BCUT2D eigenvalue weighted by Crippen LogP contribution is -2.29. The molecule has 0 aromatic carbocycles. The molecule has 0 saturated heterocycles. The van der Waals surface area contributed by atoms with Crippen LogP contribution in [0.3, 0.4) is 0 Å². The molecule has 0 saturated carbocycles. The maximum atomic E-state index is 12.8. The highest BCUT2D eigenvalue weighted by Crippen LogP contribution is 2.43. The van der Waals surface area contributed by atoms with Crippen LogP contribution >= 0.6 is 7.82 Å². The molecule has 3 N–H and O–H groups in total. The quantitative estimate of drug-likeness (QED) is 0.0264. The van der Waals surface area contributed by atoms with Gasteiger partial charge >= 0.3 is 19.8 Å². The summed E-state index contributed by atoms with van der Waals surface area (Å²) in [6.07, 6.45) is 94.9. The van der Waals surface area contributed by atoms with Gasteiger partial charge in [-0.15, -0.1) is 0 Å². The molecular formula is C77H144NO8P. The highest BCUT2D eigenvalue weighted by molar-refractivity contribution is 7.47. The Hall–Kier alpha value is -2.29. The molecule has 0 rings (SSSR count). The monoisotopic (exact) mass is 1240 g/mol. The van der Waals surface area contributed by atoms with Crippen LogP contribution in [0.4, 0.5) is 0 Å². The van der Waals surface area contributed by atoms with Crippen molar-refractivity contribution < 1.29 is 37.6 Å². The second-order valence-corrected chi connectivity index (χ2v) is 26.9. The van der Waals surface area contributed by atoms with Gasteiger partial charge in [-0.05, 0) is 77.0 Å². The van der Waals surface area contributed by atoms with Gasteiger partial charge in [-0.2, -0.15) is 0 Å². The van der Waals surface area contributed by atoms with Crippen molar-refractivity contribution in [3.63, 3.8) is 0 Å². The van der Waals surface area contributed by atoms with Gasteiger partial charge < -0.3 is 20.1 Å². The topological polar surface area (TPSA) is 134 Å². The van der Waals surface area contributed by atoms with Crippen LogP contribution in [0.2, 0.25) is 0 Å². The van der Waals surface area contributed by atoms with E-state index in [0.717, 1.165) is 57.8 Å². The minimum atomic E-state index is -4.39. The highest BCUT2D eigenvalue weighted by atomic mass is 31.2. The van der Waals surface area contributed by atoms with Crippen molar-refractivity contribution in [2.75, 3.05) is 26.4 Å². The summed E-state index contributed by atoms with van der Waals surface area (Å²) in [6, 6.07) is 0. The van der Waals surface area contributed by atoms with Crippen molar-refractivity contribution >= 4 is 19.8 Å². The van der Waals surface area contributed by atoms with Crippen LogP contribution in [0.25, 0.3) is 0 Å². The van der Waals surface area contributed by atoms with E-state index >= 15 is 0 Å². The smallest absolute Gasteiger partial charge is 0.462 e. The van der Waals surface area contributed by atoms with Crippen LogP contribution in [0.5, 0.6) is 0 Å². The molecule has 510 valence electrons. The molecule has 9 nitrogen and oxygen atoms in total. The Morgan fingerprint density at radius 3 is 0.954 bits per heavy atom. The number of phosphoric acid groups is 1. The molecule has 0 aliphatic rings. The molecule has 0 aromatic heterocycles. The molecular weight excluding hydrogens is 1100 g/mol. The van der Waals surface area contributed by atoms with Crippen LogP contribution in [0, 0.1) is 0 Å². The van der Waals surface area contributed by atoms with Crippen LogP contribution < -0.4 is 5.73 Å². The lowest BCUT2D eigenvalue weighted by molar-refractivity contribution is -0.161. The second-order valence-electron chi connectivity index (χ2n) is 25.5. The van der Waals surface area contributed by atoms with Crippen LogP contribution in [-0.2, 0) is 32.7 Å². The van der Waals surface area contributed by atoms with Gasteiger partial charge in [-0.25, -0.2) is 4.57 Å². The maximum Gasteiger partial charge on any atom is 0.472 e. The number of unbranched alkanes of at least 4 members (excludes halogenated alkanes) is 49. The van der Waals surface area contributed by atoms with Crippen molar-refractivity contribution in [3.8, 4) is 0 Å². The molecule has 0 aliphatic heterocycles. The van der Waals surface area contributed by atoms with E-state index in [0.29, 0.717) is 6.42 Å². The number of allylic oxidation sites excluding steroid dienone is 10. The maximum absolute atomic E-state index is 12.8. The fourth-order valence-electron chi connectivity index (χ4n) is 11.3. The van der Waals surface area contributed by atoms with E-state index in [4.69, 9.17) is 24.3 Å². The number of nitrogens with two attached hydrogens (primary N) is 1. The zero-order valence-electron chi connectivity index (χ0n) is 57.5. The van der Waals surface area contributed by atoms with Crippen molar-refractivity contribution in [2.24, 2.45) is 5.73 Å². The molecule has 0 aromatic rings. The predicted octanol–water partition coefficient (Wildman–Crippen LogP) is 25.0. The van der Waals surface area contributed by atoms with E-state index in [9.17, 15) is 19.0 Å². The first kappa shape index (κ1) is 84.7. The third-order valence-corrected chi connectivity index (χ3v) is 17.9. The second kappa shape index (κ2) is 72.8. The molecule has 0 spiro atoms. The van der Waals surface area contributed by atoms with Crippen molar-refractivity contribution in [2.45, 2.75) is 392 Å². The van der Waals surface area contributed by atoms with Crippen LogP contribution in [-0.4, -0.2) is 49.3 Å². The van der Waals surface area contributed by atoms with Gasteiger partial charge in [0.1, 0.15) is 6.61 Å². The molecule has 0 bridgehead atoms. The predicted molar refractivity (Wildman–Crippen MR) is 376 cm³/mol. The summed E-state index contributed by atoms with van der Waals surface area (Å²) in [5.41, 5.74) is 5.41. The fourth-order valence-corrected chi connectivity index (χ4v) is 12.1. The average Bonchev–Trinajstić information content (AvgIpc) is 3.64. The molecule has 0 radical (unpaired) electrons. The zero-order chi connectivity index (χ0) is 63.0. The number of hydrogen-bond donors (Lipinski definition) is 2. The minimum absolute atomic E-state index is 0.0551. The number of carbonyl (C=O) groups excluding carboxylic acids is 2.